The predicted molar refractivity (Wildman–Crippen MR) is 84.8 cm³/mol. The molecule has 1 aromatic carbocycles. The minimum Gasteiger partial charge on any atom is -0.497 e. The molecule has 6 nitrogen and oxygen atoms in total. The van der Waals surface area contributed by atoms with E-state index in [0.717, 1.165) is 0 Å². The fourth-order valence-electron chi connectivity index (χ4n) is 2.63. The van der Waals surface area contributed by atoms with Gasteiger partial charge in [0.15, 0.2) is 5.78 Å². The molecule has 1 amide bonds. The second-order valence-electron chi connectivity index (χ2n) is 5.68. The van der Waals surface area contributed by atoms with Gasteiger partial charge in [-0.05, 0) is 30.5 Å². The summed E-state index contributed by atoms with van der Waals surface area (Å²) < 4.78 is 5.10. The third kappa shape index (κ3) is 3.21. The van der Waals surface area contributed by atoms with Crippen LogP contribution in [-0.2, 0) is 6.42 Å². The van der Waals surface area contributed by atoms with Gasteiger partial charge in [0, 0.05) is 18.2 Å². The van der Waals surface area contributed by atoms with Gasteiger partial charge >= 0.3 is 0 Å². The Hall–Kier alpha value is -2.76. The summed E-state index contributed by atoms with van der Waals surface area (Å²) in [6.07, 6.45) is 2.73. The van der Waals surface area contributed by atoms with Crippen molar-refractivity contribution >= 4 is 17.6 Å². The minimum atomic E-state index is -0.320. The summed E-state index contributed by atoms with van der Waals surface area (Å²) in [5.41, 5.74) is 1.71. The Morgan fingerprint density at radius 2 is 2.17 bits per heavy atom. The minimum absolute atomic E-state index is 0.0597. The molecule has 0 aliphatic heterocycles. The monoisotopic (exact) mass is 311 g/mol. The summed E-state index contributed by atoms with van der Waals surface area (Å²) in [5, 5.41) is 2.66. The van der Waals surface area contributed by atoms with E-state index in [1.54, 1.807) is 31.4 Å². The highest BCUT2D eigenvalue weighted by atomic mass is 16.5. The number of nitrogens with zero attached hydrogens (tertiary/aromatic N) is 2. The average Bonchev–Trinajstić information content (AvgIpc) is 2.54. The fourth-order valence-corrected chi connectivity index (χ4v) is 2.63. The molecule has 118 valence electrons. The van der Waals surface area contributed by atoms with E-state index in [1.807, 2.05) is 6.92 Å². The van der Waals surface area contributed by atoms with Crippen molar-refractivity contribution in [2.24, 2.45) is 5.92 Å². The molecule has 0 bridgehead atoms. The van der Waals surface area contributed by atoms with Gasteiger partial charge in [-0.15, -0.1) is 0 Å². The Labute approximate surface area is 133 Å². The van der Waals surface area contributed by atoms with Crippen LogP contribution in [0.3, 0.4) is 0 Å². The number of hydrogen-bond donors (Lipinski definition) is 1. The summed E-state index contributed by atoms with van der Waals surface area (Å²) in [7, 11) is 1.54. The Balaban J connectivity index is 1.81. The highest BCUT2D eigenvalue weighted by molar-refractivity contribution is 6.04. The second kappa shape index (κ2) is 6.16. The normalized spacial score (nSPS) is 16.6. The van der Waals surface area contributed by atoms with E-state index < -0.39 is 0 Å². The topological polar surface area (TPSA) is 81.2 Å². The zero-order valence-corrected chi connectivity index (χ0v) is 13.0. The van der Waals surface area contributed by atoms with Gasteiger partial charge in [-0.3, -0.25) is 14.9 Å². The maximum Gasteiger partial charge on any atom is 0.258 e. The maximum absolute atomic E-state index is 12.3. The molecule has 6 heteroatoms. The highest BCUT2D eigenvalue weighted by Gasteiger charge is 2.24. The van der Waals surface area contributed by atoms with Gasteiger partial charge in [-0.2, -0.15) is 0 Å². The van der Waals surface area contributed by atoms with Crippen LogP contribution in [0.5, 0.6) is 5.75 Å². The molecule has 0 saturated carbocycles. The first-order chi connectivity index (χ1) is 11.1. The van der Waals surface area contributed by atoms with E-state index in [0.29, 0.717) is 35.4 Å². The molecule has 0 spiro atoms. The van der Waals surface area contributed by atoms with E-state index in [9.17, 15) is 9.59 Å². The third-order valence-corrected chi connectivity index (χ3v) is 3.80. The number of hydrogen-bond acceptors (Lipinski definition) is 5. The van der Waals surface area contributed by atoms with Crippen LogP contribution in [0, 0.1) is 5.92 Å². The van der Waals surface area contributed by atoms with Gasteiger partial charge in [0.25, 0.3) is 5.91 Å². The number of fused-ring (bicyclic) bond motifs is 1. The average molecular weight is 311 g/mol. The molecule has 1 heterocycles. The van der Waals surface area contributed by atoms with Gasteiger partial charge in [0.2, 0.25) is 5.95 Å². The first-order valence-corrected chi connectivity index (χ1v) is 7.41. The van der Waals surface area contributed by atoms with Crippen molar-refractivity contribution in [2.75, 3.05) is 12.4 Å². The predicted octanol–water partition coefficient (Wildman–Crippen LogP) is 2.50. The van der Waals surface area contributed by atoms with Crippen LogP contribution >= 0.6 is 0 Å². The Kier molecular flexibility index (Phi) is 4.06. The van der Waals surface area contributed by atoms with Crippen LogP contribution in [-0.4, -0.2) is 28.8 Å². The lowest BCUT2D eigenvalue weighted by atomic mass is 9.88. The van der Waals surface area contributed by atoms with Crippen molar-refractivity contribution in [3.63, 3.8) is 0 Å². The van der Waals surface area contributed by atoms with E-state index >= 15 is 0 Å². The molecule has 3 rings (SSSR count). The van der Waals surface area contributed by atoms with Crippen LogP contribution in [0.25, 0.3) is 0 Å². The van der Waals surface area contributed by atoms with Crippen molar-refractivity contribution in [2.45, 2.75) is 19.8 Å². The van der Waals surface area contributed by atoms with Crippen LogP contribution < -0.4 is 10.1 Å². The fraction of sp³-hybridized carbons (Fsp3) is 0.294. The Morgan fingerprint density at radius 1 is 1.35 bits per heavy atom. The number of ketones is 1. The van der Waals surface area contributed by atoms with Gasteiger partial charge < -0.3 is 4.74 Å². The lowest BCUT2D eigenvalue weighted by Gasteiger charge is -2.19. The first kappa shape index (κ1) is 15.1. The second-order valence-corrected chi connectivity index (χ2v) is 5.68. The van der Waals surface area contributed by atoms with Gasteiger partial charge in [0.05, 0.1) is 18.4 Å². The highest BCUT2D eigenvalue weighted by Crippen LogP contribution is 2.24. The summed E-state index contributed by atoms with van der Waals surface area (Å²) >= 11 is 0. The first-order valence-electron chi connectivity index (χ1n) is 7.41. The molecule has 23 heavy (non-hydrogen) atoms. The van der Waals surface area contributed by atoms with Crippen LogP contribution in [0.15, 0.2) is 30.5 Å². The van der Waals surface area contributed by atoms with Gasteiger partial charge in [-0.1, -0.05) is 13.0 Å². The Bertz CT molecular complexity index is 773. The summed E-state index contributed by atoms with van der Waals surface area (Å²) in [6.45, 7) is 2.01. The number of benzene rings is 1. The molecular weight excluding hydrogens is 294 g/mol. The van der Waals surface area contributed by atoms with Crippen molar-refractivity contribution in [1.29, 1.82) is 0 Å². The van der Waals surface area contributed by atoms with Crippen LogP contribution in [0.4, 0.5) is 5.95 Å². The SMILES string of the molecule is COc1cccc(C(=O)Nc2ncc3c(n2)C[C@H](C)CC3=O)c1. The summed E-state index contributed by atoms with van der Waals surface area (Å²) in [6, 6.07) is 6.82. The standard InChI is InChI=1S/C17H17N3O3/c1-10-6-14-13(15(21)7-10)9-18-17(19-14)20-16(22)11-4-3-5-12(8-11)23-2/h3-5,8-10H,6-7H2,1-2H3,(H,18,19,20,22)/t10-/m0/s1. The van der Waals surface area contributed by atoms with E-state index in [1.165, 1.54) is 6.20 Å². The smallest absolute Gasteiger partial charge is 0.258 e. The Morgan fingerprint density at radius 3 is 2.96 bits per heavy atom. The van der Waals surface area contributed by atoms with Gasteiger partial charge in [-0.25, -0.2) is 9.97 Å². The quantitative estimate of drug-likeness (QED) is 0.942. The number of carbonyl (C=O) groups is 2. The zero-order valence-electron chi connectivity index (χ0n) is 13.0. The number of ether oxygens (including phenoxy) is 1. The number of rotatable bonds is 3. The van der Waals surface area contributed by atoms with Crippen LogP contribution in [0.2, 0.25) is 0 Å². The largest absolute Gasteiger partial charge is 0.497 e. The number of nitrogens with one attached hydrogen (secondary N) is 1. The molecule has 2 aromatic rings. The van der Waals surface area contributed by atoms with E-state index in [2.05, 4.69) is 15.3 Å². The molecule has 1 aliphatic rings. The summed E-state index contributed by atoms with van der Waals surface area (Å²) in [4.78, 5) is 32.6. The molecule has 1 aliphatic carbocycles. The molecule has 0 saturated heterocycles. The number of methoxy groups -OCH3 is 1. The van der Waals surface area contributed by atoms with Crippen LogP contribution in [0.1, 0.15) is 39.8 Å². The van der Waals surface area contributed by atoms with E-state index in [4.69, 9.17) is 4.74 Å². The van der Waals surface area contributed by atoms with Gasteiger partial charge in [0.1, 0.15) is 5.75 Å². The third-order valence-electron chi connectivity index (χ3n) is 3.80. The van der Waals surface area contributed by atoms with Crippen molar-refractivity contribution in [1.82, 2.24) is 9.97 Å². The molecule has 0 fully saturated rings. The molecule has 0 radical (unpaired) electrons. The molecule has 1 atom stereocenters. The number of carbonyl (C=O) groups excluding carboxylic acids is 2. The van der Waals surface area contributed by atoms with E-state index in [-0.39, 0.29) is 23.6 Å². The molecule has 1 N–H and O–H groups in total. The maximum atomic E-state index is 12.3. The number of aromatic nitrogens is 2. The number of amides is 1. The lowest BCUT2D eigenvalue weighted by Crippen LogP contribution is -2.22. The van der Waals surface area contributed by atoms with Crippen molar-refractivity contribution < 1.29 is 14.3 Å². The molecule has 1 aromatic heterocycles. The van der Waals surface area contributed by atoms with Crippen molar-refractivity contribution in [3.05, 3.63) is 47.3 Å². The molecular formula is C17H17N3O3. The number of Topliss-reactive ketones (excluding diaryl/α,β-unsaturated/α-hetero) is 1. The molecule has 0 unspecified atom stereocenters. The zero-order chi connectivity index (χ0) is 16.4. The number of anilines is 1. The lowest BCUT2D eigenvalue weighted by molar-refractivity contribution is 0.0951. The van der Waals surface area contributed by atoms with Crippen molar-refractivity contribution in [3.8, 4) is 5.75 Å². The summed E-state index contributed by atoms with van der Waals surface area (Å²) in [5.74, 6) is 0.803.